The molecule has 42 heavy (non-hydrogen) atoms. The molecule has 12 nitrogen and oxygen atoms in total. The molecule has 4 aliphatic carbocycles. The van der Waals surface area contributed by atoms with E-state index in [0.29, 0.717) is 24.2 Å². The molecule has 0 aromatic carbocycles. The van der Waals surface area contributed by atoms with Gasteiger partial charge < -0.3 is 0 Å². The van der Waals surface area contributed by atoms with Crippen LogP contribution >= 0.6 is 0 Å². The average Bonchev–Trinajstić information content (AvgIpc) is 3.14. The third-order valence-corrected chi connectivity index (χ3v) is 12.6. The van der Waals surface area contributed by atoms with Gasteiger partial charge in [0.05, 0.1) is 6.10 Å². The van der Waals surface area contributed by atoms with Gasteiger partial charge in [-0.15, -0.1) is 0 Å². The molecule has 4 saturated carbocycles. The van der Waals surface area contributed by atoms with Crippen LogP contribution < -0.4 is 0 Å². The third kappa shape index (κ3) is 7.41. The molecule has 15 heteroatoms. The van der Waals surface area contributed by atoms with Crippen molar-refractivity contribution in [1.82, 2.24) is 0 Å². The minimum absolute atomic E-state index is 0.0148. The fourth-order valence-electron chi connectivity index (χ4n) is 9.63. The van der Waals surface area contributed by atoms with Crippen molar-refractivity contribution in [3.63, 3.8) is 0 Å². The van der Waals surface area contributed by atoms with E-state index < -0.39 is 60.8 Å². The lowest BCUT2D eigenvalue weighted by atomic mass is 9.43. The van der Waals surface area contributed by atoms with Crippen molar-refractivity contribution < 1.29 is 51.5 Å². The quantitative estimate of drug-likeness (QED) is 0.218. The van der Waals surface area contributed by atoms with E-state index in [-0.39, 0.29) is 36.0 Å². The first kappa shape index (κ1) is 34.2. The molecule has 0 spiro atoms. The molecule has 0 aromatic rings. The second-order valence-electron chi connectivity index (χ2n) is 14.0. The van der Waals surface area contributed by atoms with Crippen molar-refractivity contribution >= 4 is 31.2 Å². The summed E-state index contributed by atoms with van der Waals surface area (Å²) in [7, 11) is -15.0. The molecule has 0 heterocycles. The number of fused-ring (bicyclic) bond motifs is 5. The lowest BCUT2D eigenvalue weighted by Gasteiger charge is -2.63. The van der Waals surface area contributed by atoms with Crippen LogP contribution in [0.3, 0.4) is 0 Å². The molecule has 4 rings (SSSR count). The molecule has 0 saturated heterocycles. The molecule has 11 atom stereocenters. The summed E-state index contributed by atoms with van der Waals surface area (Å²) in [6.07, 6.45) is 5.08. The SMILES string of the molecule is CC(C)CC=CC(C)C1CCC2C3CC(OS(=O)(=O)O)C4CC(OS(=O)(=O)O)C(OS(=O)(=O)O)CC4(C)C3CCC12C. The Kier molecular flexibility index (Phi) is 9.73. The molecule has 244 valence electrons. The Morgan fingerprint density at radius 1 is 0.738 bits per heavy atom. The number of allylic oxidation sites excluding steroid dienone is 2. The summed E-state index contributed by atoms with van der Waals surface area (Å²) in [4.78, 5) is 0. The highest BCUT2D eigenvalue weighted by molar-refractivity contribution is 7.81. The van der Waals surface area contributed by atoms with Gasteiger partial charge in [-0.25, -0.2) is 12.5 Å². The minimum atomic E-state index is -5.06. The minimum Gasteiger partial charge on any atom is -0.264 e. The van der Waals surface area contributed by atoms with E-state index in [0.717, 1.165) is 32.1 Å². The summed E-state index contributed by atoms with van der Waals surface area (Å²) in [5.74, 6) is 0.845. The van der Waals surface area contributed by atoms with Crippen LogP contribution in [-0.4, -0.2) is 57.2 Å². The molecule has 4 fully saturated rings. The van der Waals surface area contributed by atoms with Crippen molar-refractivity contribution in [2.45, 2.75) is 104 Å². The van der Waals surface area contributed by atoms with Gasteiger partial charge in [-0.1, -0.05) is 46.8 Å². The van der Waals surface area contributed by atoms with Gasteiger partial charge in [-0.3, -0.25) is 13.7 Å². The predicted molar refractivity (Wildman–Crippen MR) is 153 cm³/mol. The van der Waals surface area contributed by atoms with Crippen molar-refractivity contribution in [2.24, 2.45) is 52.3 Å². The summed E-state index contributed by atoms with van der Waals surface area (Å²) in [6, 6.07) is 0. The highest BCUT2D eigenvalue weighted by Gasteiger charge is 2.65. The zero-order valence-electron chi connectivity index (χ0n) is 24.8. The maximum Gasteiger partial charge on any atom is 0.397 e. The summed E-state index contributed by atoms with van der Waals surface area (Å²) >= 11 is 0. The Balaban J connectivity index is 1.70. The van der Waals surface area contributed by atoms with Crippen molar-refractivity contribution in [3.05, 3.63) is 12.2 Å². The first-order valence-corrected chi connectivity index (χ1v) is 18.9. The van der Waals surface area contributed by atoms with Crippen LogP contribution in [0.5, 0.6) is 0 Å². The standard InChI is InChI=1S/C27H46O12S3/c1-16(2)7-6-8-17(3)19-9-10-20-18-13-23(37-40(28,29)30)22-14-24(38-41(31,32)33)25(39-42(34,35)36)15-27(22,5)21(18)11-12-26(19,20)4/h6,8,16-25H,7,9-15H2,1-5H3,(H,28,29,30)(H,31,32,33)(H,34,35,36). The lowest BCUT2D eigenvalue weighted by Crippen LogP contribution is -2.62. The van der Waals surface area contributed by atoms with E-state index in [4.69, 9.17) is 12.5 Å². The van der Waals surface area contributed by atoms with E-state index in [2.05, 4.69) is 39.8 Å². The first-order chi connectivity index (χ1) is 19.1. The zero-order valence-corrected chi connectivity index (χ0v) is 27.3. The van der Waals surface area contributed by atoms with Gasteiger partial charge in [0.2, 0.25) is 0 Å². The Bertz CT molecular complexity index is 1340. The largest absolute Gasteiger partial charge is 0.397 e. The summed E-state index contributed by atoms with van der Waals surface area (Å²) in [6.45, 7) is 10.8. The van der Waals surface area contributed by atoms with Gasteiger partial charge in [0.15, 0.2) is 0 Å². The van der Waals surface area contributed by atoms with Gasteiger partial charge in [0, 0.05) is 0 Å². The predicted octanol–water partition coefficient (Wildman–Crippen LogP) is 4.67. The fraction of sp³-hybridized carbons (Fsp3) is 0.926. The summed E-state index contributed by atoms with van der Waals surface area (Å²) in [5.41, 5.74) is -0.848. The molecule has 0 aromatic heterocycles. The van der Waals surface area contributed by atoms with Crippen molar-refractivity contribution in [1.29, 1.82) is 0 Å². The van der Waals surface area contributed by atoms with Crippen LogP contribution in [0.1, 0.15) is 86.0 Å². The van der Waals surface area contributed by atoms with Crippen molar-refractivity contribution in [3.8, 4) is 0 Å². The highest BCUT2D eigenvalue weighted by atomic mass is 32.3. The van der Waals surface area contributed by atoms with Crippen LogP contribution in [0.15, 0.2) is 12.2 Å². The molecule has 0 amide bonds. The van der Waals surface area contributed by atoms with Gasteiger partial charge in [0.1, 0.15) is 12.2 Å². The number of hydrogen-bond donors (Lipinski definition) is 3. The average molecular weight is 659 g/mol. The van der Waals surface area contributed by atoms with Crippen LogP contribution in [-0.2, 0) is 43.7 Å². The Hall–Kier alpha value is -0.650. The van der Waals surface area contributed by atoms with Crippen LogP contribution in [0, 0.1) is 52.3 Å². The molecule has 0 aliphatic heterocycles. The summed E-state index contributed by atoms with van der Waals surface area (Å²) in [5, 5.41) is 0. The second-order valence-corrected chi connectivity index (χ2v) is 17.1. The fourth-order valence-corrected chi connectivity index (χ4v) is 11.2. The smallest absolute Gasteiger partial charge is 0.264 e. The number of hydrogen-bond acceptors (Lipinski definition) is 9. The van der Waals surface area contributed by atoms with Crippen LogP contribution in [0.25, 0.3) is 0 Å². The zero-order chi connectivity index (χ0) is 31.5. The van der Waals surface area contributed by atoms with Gasteiger partial charge >= 0.3 is 31.2 Å². The Labute approximate surface area is 250 Å². The van der Waals surface area contributed by atoms with Gasteiger partial charge in [-0.2, -0.15) is 25.3 Å². The molecular formula is C27H46O12S3. The molecule has 0 bridgehead atoms. The monoisotopic (exact) mass is 658 g/mol. The van der Waals surface area contributed by atoms with Crippen molar-refractivity contribution in [2.75, 3.05) is 0 Å². The van der Waals surface area contributed by atoms with E-state index in [1.807, 2.05) is 6.92 Å². The molecule has 0 radical (unpaired) electrons. The second kappa shape index (κ2) is 11.9. The van der Waals surface area contributed by atoms with E-state index in [1.54, 1.807) is 0 Å². The van der Waals surface area contributed by atoms with Gasteiger partial charge in [0.25, 0.3) is 0 Å². The molecular weight excluding hydrogens is 612 g/mol. The number of rotatable bonds is 10. The van der Waals surface area contributed by atoms with Crippen LogP contribution in [0.4, 0.5) is 0 Å². The Morgan fingerprint density at radius 3 is 1.86 bits per heavy atom. The Morgan fingerprint density at radius 2 is 1.29 bits per heavy atom. The van der Waals surface area contributed by atoms with E-state index in [1.165, 1.54) is 0 Å². The molecule has 3 N–H and O–H groups in total. The third-order valence-electron chi connectivity index (χ3n) is 11.1. The van der Waals surface area contributed by atoms with E-state index >= 15 is 0 Å². The van der Waals surface area contributed by atoms with Crippen LogP contribution in [0.2, 0.25) is 0 Å². The van der Waals surface area contributed by atoms with Gasteiger partial charge in [-0.05, 0) is 104 Å². The topological polar surface area (TPSA) is 191 Å². The maximum atomic E-state index is 12.0. The molecule has 11 unspecified atom stereocenters. The highest BCUT2D eigenvalue weighted by Crippen LogP contribution is 2.69. The normalized spacial score (nSPS) is 41.8. The lowest BCUT2D eigenvalue weighted by molar-refractivity contribution is -0.183. The molecule has 4 aliphatic rings. The van der Waals surface area contributed by atoms with E-state index in [9.17, 15) is 38.9 Å². The maximum absolute atomic E-state index is 12.0. The first-order valence-electron chi connectivity index (χ1n) is 14.8. The summed E-state index contributed by atoms with van der Waals surface area (Å²) < 4.78 is 114.